The molecular formula is C39H60N2O4S. The van der Waals surface area contributed by atoms with E-state index in [4.69, 9.17) is 0 Å². The summed E-state index contributed by atoms with van der Waals surface area (Å²) in [6.07, 6.45) is 19.9. The van der Waals surface area contributed by atoms with E-state index in [0.717, 1.165) is 62.6 Å². The highest BCUT2D eigenvalue weighted by molar-refractivity contribution is 7.90. The van der Waals surface area contributed by atoms with Crippen LogP contribution in [0.2, 0.25) is 0 Å². The summed E-state index contributed by atoms with van der Waals surface area (Å²) in [5.74, 6) is 0.573. The second-order valence-corrected chi connectivity index (χ2v) is 15.7. The minimum Gasteiger partial charge on any atom is -0.356 e. The summed E-state index contributed by atoms with van der Waals surface area (Å²) in [6.45, 7) is 7.25. The highest BCUT2D eigenvalue weighted by Crippen LogP contribution is 2.31. The van der Waals surface area contributed by atoms with E-state index < -0.39 is 9.84 Å². The molecule has 1 aromatic heterocycles. The Kier molecular flexibility index (Phi) is 17.0. The van der Waals surface area contributed by atoms with Crippen molar-refractivity contribution in [1.29, 1.82) is 0 Å². The summed E-state index contributed by atoms with van der Waals surface area (Å²) in [7, 11) is -3.58. The van der Waals surface area contributed by atoms with Crippen LogP contribution in [0, 0.1) is 17.8 Å². The van der Waals surface area contributed by atoms with Crippen molar-refractivity contribution in [1.82, 2.24) is 10.3 Å². The Morgan fingerprint density at radius 2 is 1.65 bits per heavy atom. The molecule has 1 heterocycles. The number of nitrogens with one attached hydrogen (secondary N) is 1. The third-order valence-electron chi connectivity index (χ3n) is 9.74. The van der Waals surface area contributed by atoms with Crippen molar-refractivity contribution in [3.8, 4) is 0 Å². The van der Waals surface area contributed by atoms with Crippen LogP contribution in [-0.2, 0) is 38.0 Å². The van der Waals surface area contributed by atoms with E-state index in [9.17, 15) is 18.0 Å². The van der Waals surface area contributed by atoms with Gasteiger partial charge in [0.1, 0.15) is 5.78 Å². The topological polar surface area (TPSA) is 93.2 Å². The second kappa shape index (κ2) is 20.6. The monoisotopic (exact) mass is 652 g/mol. The molecule has 0 aliphatic heterocycles. The van der Waals surface area contributed by atoms with Gasteiger partial charge in [-0.05, 0) is 60.8 Å². The molecule has 1 aliphatic carbocycles. The summed E-state index contributed by atoms with van der Waals surface area (Å²) in [6, 6.07) is 10.8. The molecule has 46 heavy (non-hydrogen) atoms. The first-order chi connectivity index (χ1) is 22.2. The van der Waals surface area contributed by atoms with Crippen molar-refractivity contribution >= 4 is 21.5 Å². The number of hydrogen-bond acceptors (Lipinski definition) is 5. The summed E-state index contributed by atoms with van der Waals surface area (Å²) in [5.41, 5.74) is 2.37. The van der Waals surface area contributed by atoms with E-state index in [0.29, 0.717) is 23.9 Å². The maximum Gasteiger partial charge on any atom is 0.223 e. The number of sulfone groups is 1. The van der Waals surface area contributed by atoms with E-state index in [1.165, 1.54) is 57.6 Å². The molecule has 0 spiro atoms. The lowest BCUT2D eigenvalue weighted by Gasteiger charge is -2.26. The summed E-state index contributed by atoms with van der Waals surface area (Å²) < 4.78 is 26.5. The Bertz CT molecular complexity index is 1290. The smallest absolute Gasteiger partial charge is 0.223 e. The van der Waals surface area contributed by atoms with E-state index in [2.05, 4.69) is 31.1 Å². The molecule has 0 bridgehead atoms. The number of amides is 1. The number of hydrogen-bond donors (Lipinski definition) is 1. The maximum absolute atomic E-state index is 13.4. The minimum absolute atomic E-state index is 0.0184. The van der Waals surface area contributed by atoms with Crippen LogP contribution in [0.3, 0.4) is 0 Å². The van der Waals surface area contributed by atoms with Crippen molar-refractivity contribution in [3.05, 3.63) is 59.4 Å². The van der Waals surface area contributed by atoms with Crippen LogP contribution < -0.4 is 5.32 Å². The molecule has 2 aromatic rings. The number of unbranched alkanes of at least 4 members (excludes halogenated alkanes) is 5. The van der Waals surface area contributed by atoms with Gasteiger partial charge < -0.3 is 5.32 Å². The van der Waals surface area contributed by atoms with Gasteiger partial charge in [-0.2, -0.15) is 0 Å². The van der Waals surface area contributed by atoms with Gasteiger partial charge in [0.15, 0.2) is 9.84 Å². The van der Waals surface area contributed by atoms with Crippen molar-refractivity contribution in [2.24, 2.45) is 17.8 Å². The molecule has 1 saturated carbocycles. The Morgan fingerprint density at radius 3 is 2.35 bits per heavy atom. The van der Waals surface area contributed by atoms with Crippen molar-refractivity contribution in [3.63, 3.8) is 0 Å². The van der Waals surface area contributed by atoms with Gasteiger partial charge >= 0.3 is 0 Å². The van der Waals surface area contributed by atoms with E-state index >= 15 is 0 Å². The summed E-state index contributed by atoms with van der Waals surface area (Å²) in [5, 5.41) is 3.21. The molecule has 1 fully saturated rings. The highest BCUT2D eigenvalue weighted by atomic mass is 32.2. The largest absolute Gasteiger partial charge is 0.356 e. The molecule has 1 N–H and O–H groups in total. The first kappa shape index (κ1) is 37.9. The SMILES string of the molecule is CCCCCCCc1ccc(S(=O)(=O)Cc2cccc(CC(=O)C[C@H](CC3CCCCC3)C(=O)NCC(CC)CCCC)c2)cn1. The number of benzene rings is 1. The fourth-order valence-corrected chi connectivity index (χ4v) is 8.07. The Morgan fingerprint density at radius 1 is 0.913 bits per heavy atom. The molecule has 6 nitrogen and oxygen atoms in total. The normalized spacial score (nSPS) is 15.4. The number of nitrogens with zero attached hydrogens (tertiary/aromatic N) is 1. The zero-order chi connectivity index (χ0) is 33.2. The van der Waals surface area contributed by atoms with E-state index in [1.807, 2.05) is 24.3 Å². The summed E-state index contributed by atoms with van der Waals surface area (Å²) >= 11 is 0. The van der Waals surface area contributed by atoms with Gasteiger partial charge in [-0.15, -0.1) is 0 Å². The van der Waals surface area contributed by atoms with E-state index in [-0.39, 0.29) is 41.1 Å². The minimum atomic E-state index is -3.58. The number of carbonyl (C=O) groups excluding carboxylic acids is 2. The van der Waals surface area contributed by atoms with Gasteiger partial charge in [-0.3, -0.25) is 14.6 Å². The average molecular weight is 653 g/mol. The quantitative estimate of drug-likeness (QED) is 0.128. The highest BCUT2D eigenvalue weighted by Gasteiger charge is 2.27. The van der Waals surface area contributed by atoms with E-state index in [1.54, 1.807) is 12.1 Å². The van der Waals surface area contributed by atoms with Crippen LogP contribution in [0.1, 0.15) is 140 Å². The molecule has 1 amide bonds. The predicted octanol–water partition coefficient (Wildman–Crippen LogP) is 8.99. The zero-order valence-corrected chi connectivity index (χ0v) is 29.7. The molecule has 2 atom stereocenters. The fraction of sp³-hybridized carbons (Fsp3) is 0.667. The lowest BCUT2D eigenvalue weighted by atomic mass is 9.80. The van der Waals surface area contributed by atoms with Crippen LogP contribution in [0.4, 0.5) is 0 Å². The van der Waals surface area contributed by atoms with Gasteiger partial charge in [0.05, 0.1) is 10.6 Å². The lowest BCUT2D eigenvalue weighted by molar-refractivity contribution is -0.130. The van der Waals surface area contributed by atoms with Crippen LogP contribution in [0.25, 0.3) is 0 Å². The number of rotatable bonds is 22. The van der Waals surface area contributed by atoms with Gasteiger partial charge in [-0.25, -0.2) is 8.42 Å². The van der Waals surface area contributed by atoms with Crippen molar-refractivity contribution in [2.75, 3.05) is 6.54 Å². The zero-order valence-electron chi connectivity index (χ0n) is 28.9. The second-order valence-electron chi connectivity index (χ2n) is 13.7. The number of carbonyl (C=O) groups is 2. The maximum atomic E-state index is 13.4. The molecular weight excluding hydrogens is 593 g/mol. The van der Waals surface area contributed by atoms with Gasteiger partial charge in [0.25, 0.3) is 0 Å². The molecule has 7 heteroatoms. The number of Topliss-reactive ketones (excluding diaryl/α,β-unsaturated/α-hetero) is 1. The van der Waals surface area contributed by atoms with Crippen LogP contribution >= 0.6 is 0 Å². The molecule has 1 aromatic carbocycles. The third kappa shape index (κ3) is 13.7. The predicted molar refractivity (Wildman–Crippen MR) is 188 cm³/mol. The number of aryl methyl sites for hydroxylation is 1. The first-order valence-electron chi connectivity index (χ1n) is 18.3. The Balaban J connectivity index is 1.59. The average Bonchev–Trinajstić information content (AvgIpc) is 3.05. The van der Waals surface area contributed by atoms with Crippen molar-refractivity contribution in [2.45, 2.75) is 147 Å². The van der Waals surface area contributed by atoms with Gasteiger partial charge in [-0.1, -0.05) is 122 Å². The number of pyridine rings is 1. The molecule has 3 rings (SSSR count). The van der Waals surface area contributed by atoms with Gasteiger partial charge in [0, 0.05) is 37.2 Å². The molecule has 1 unspecified atom stereocenters. The van der Waals surface area contributed by atoms with Crippen LogP contribution in [0.15, 0.2) is 47.5 Å². The molecule has 0 radical (unpaired) electrons. The fourth-order valence-electron chi connectivity index (χ4n) is 6.80. The lowest BCUT2D eigenvalue weighted by Crippen LogP contribution is -2.36. The molecule has 0 saturated heterocycles. The Hall–Kier alpha value is -2.54. The number of aromatic nitrogens is 1. The standard InChI is InChI=1S/C39H60N2O4S/c1-4-7-9-10-14-21-36-22-23-38(29-40-36)46(44,45)30-34-20-15-19-33(24-34)26-37(42)27-35(25-32-17-12-11-13-18-32)39(43)41-28-31(6-3)16-8-5-2/h15,19-20,22-24,29,31-32,35H,4-14,16-18,21,25-28,30H2,1-3H3,(H,41,43)/t31?,35-/m0/s1. The van der Waals surface area contributed by atoms with Crippen LogP contribution in [0.5, 0.6) is 0 Å². The van der Waals surface area contributed by atoms with Crippen LogP contribution in [-0.4, -0.2) is 31.6 Å². The molecule has 256 valence electrons. The molecule has 1 aliphatic rings. The number of ketones is 1. The summed E-state index contributed by atoms with van der Waals surface area (Å²) in [4.78, 5) is 31.4. The van der Waals surface area contributed by atoms with Gasteiger partial charge in [0.2, 0.25) is 5.91 Å². The Labute approximate surface area is 279 Å². The van der Waals surface area contributed by atoms with Crippen molar-refractivity contribution < 1.29 is 18.0 Å². The third-order valence-corrected chi connectivity index (χ3v) is 11.4. The first-order valence-corrected chi connectivity index (χ1v) is 19.9.